The molecule has 100 valence electrons. The summed E-state index contributed by atoms with van der Waals surface area (Å²) in [6.07, 6.45) is 6.19. The number of hydrogen-bond donors (Lipinski definition) is 1. The molecule has 0 saturated carbocycles. The molecule has 0 fully saturated rings. The lowest BCUT2D eigenvalue weighted by atomic mass is 10.2. The zero-order chi connectivity index (χ0) is 13.2. The van der Waals surface area contributed by atoms with Crippen LogP contribution in [0.4, 0.5) is 0 Å². The van der Waals surface area contributed by atoms with E-state index in [-0.39, 0.29) is 0 Å². The molecule has 1 N–H and O–H groups in total. The van der Waals surface area contributed by atoms with Crippen LogP contribution in [0, 0.1) is 6.92 Å². The van der Waals surface area contributed by atoms with Crippen LogP contribution in [0.5, 0.6) is 0 Å². The molecule has 3 aromatic rings. The second-order valence-corrected chi connectivity index (χ2v) is 5.42. The van der Waals surface area contributed by atoms with Gasteiger partial charge in [0.05, 0.1) is 17.9 Å². The van der Waals surface area contributed by atoms with Crippen molar-refractivity contribution in [2.45, 2.75) is 26.9 Å². The average Bonchev–Trinajstić information content (AvgIpc) is 3.02. The van der Waals surface area contributed by atoms with Crippen LogP contribution < -0.4 is 5.32 Å². The Kier molecular flexibility index (Phi) is 3.35. The first kappa shape index (κ1) is 12.4. The maximum Gasteiger partial charge on any atom is 0.193 e. The highest BCUT2D eigenvalue weighted by atomic mass is 32.1. The number of thiazole rings is 1. The van der Waals surface area contributed by atoms with Crippen molar-refractivity contribution in [2.75, 3.05) is 6.54 Å². The van der Waals surface area contributed by atoms with E-state index in [9.17, 15) is 0 Å². The van der Waals surface area contributed by atoms with E-state index < -0.39 is 0 Å². The number of aromatic nitrogens is 4. The van der Waals surface area contributed by atoms with E-state index in [1.165, 1.54) is 5.56 Å². The molecule has 3 rings (SSSR count). The van der Waals surface area contributed by atoms with Gasteiger partial charge in [-0.25, -0.2) is 4.98 Å². The maximum atomic E-state index is 4.57. The summed E-state index contributed by atoms with van der Waals surface area (Å²) in [6.45, 7) is 6.73. The molecule has 0 saturated heterocycles. The van der Waals surface area contributed by atoms with Gasteiger partial charge in [0.1, 0.15) is 0 Å². The van der Waals surface area contributed by atoms with Crippen LogP contribution in [0.3, 0.4) is 0 Å². The van der Waals surface area contributed by atoms with Crippen LogP contribution in [0.25, 0.3) is 4.96 Å². The van der Waals surface area contributed by atoms with Gasteiger partial charge in [-0.05, 0) is 13.5 Å². The minimum atomic E-state index is 0.724. The Morgan fingerprint density at radius 2 is 2.26 bits per heavy atom. The minimum Gasteiger partial charge on any atom is -0.313 e. The van der Waals surface area contributed by atoms with E-state index in [1.807, 2.05) is 16.3 Å². The molecule has 5 nitrogen and oxygen atoms in total. The van der Waals surface area contributed by atoms with E-state index in [2.05, 4.69) is 46.0 Å². The third-order valence-corrected chi connectivity index (χ3v) is 3.85. The minimum absolute atomic E-state index is 0.724. The van der Waals surface area contributed by atoms with Crippen molar-refractivity contribution in [3.8, 4) is 0 Å². The Labute approximate surface area is 115 Å². The van der Waals surface area contributed by atoms with Gasteiger partial charge in [0.15, 0.2) is 4.96 Å². The first-order valence-corrected chi connectivity index (χ1v) is 7.29. The zero-order valence-corrected chi connectivity index (χ0v) is 11.9. The molecule has 0 aliphatic rings. The molecule has 0 aliphatic carbocycles. The highest BCUT2D eigenvalue weighted by Crippen LogP contribution is 2.13. The van der Waals surface area contributed by atoms with Gasteiger partial charge in [0, 0.05) is 36.1 Å². The maximum absolute atomic E-state index is 4.57. The topological polar surface area (TPSA) is 47.2 Å². The van der Waals surface area contributed by atoms with E-state index in [0.717, 1.165) is 36.0 Å². The van der Waals surface area contributed by atoms with E-state index in [4.69, 9.17) is 0 Å². The molecule has 3 heterocycles. The molecule has 0 aliphatic heterocycles. The molecule has 0 atom stereocenters. The van der Waals surface area contributed by atoms with Crippen molar-refractivity contribution in [1.29, 1.82) is 0 Å². The number of rotatable bonds is 5. The van der Waals surface area contributed by atoms with Crippen LogP contribution in [-0.4, -0.2) is 25.7 Å². The fourth-order valence-corrected chi connectivity index (χ4v) is 2.81. The van der Waals surface area contributed by atoms with Crippen LogP contribution in [0.15, 0.2) is 24.0 Å². The van der Waals surface area contributed by atoms with Crippen molar-refractivity contribution in [2.24, 2.45) is 0 Å². The van der Waals surface area contributed by atoms with Crippen molar-refractivity contribution >= 4 is 16.3 Å². The van der Waals surface area contributed by atoms with Gasteiger partial charge in [-0.1, -0.05) is 6.92 Å². The third-order valence-electron chi connectivity index (χ3n) is 3.08. The smallest absolute Gasteiger partial charge is 0.193 e. The van der Waals surface area contributed by atoms with Crippen LogP contribution in [0.1, 0.15) is 23.9 Å². The van der Waals surface area contributed by atoms with Gasteiger partial charge >= 0.3 is 0 Å². The van der Waals surface area contributed by atoms with Crippen molar-refractivity contribution in [3.05, 3.63) is 40.9 Å². The monoisotopic (exact) mass is 275 g/mol. The lowest BCUT2D eigenvalue weighted by Crippen LogP contribution is -2.11. The number of hydrogen-bond acceptors (Lipinski definition) is 4. The highest BCUT2D eigenvalue weighted by molar-refractivity contribution is 7.15. The standard InChI is InChI=1S/C13H17N5S/c1-3-14-6-11-7-18(16-10(11)2)9-12-8-17-4-5-19-13(17)15-12/h4-5,7-8,14H,3,6,9H2,1-2H3. The molecule has 0 aromatic carbocycles. The van der Waals surface area contributed by atoms with Gasteiger partial charge in [0.2, 0.25) is 0 Å². The summed E-state index contributed by atoms with van der Waals surface area (Å²) in [4.78, 5) is 5.61. The summed E-state index contributed by atoms with van der Waals surface area (Å²) < 4.78 is 4.02. The predicted molar refractivity (Wildman–Crippen MR) is 76.5 cm³/mol. The second kappa shape index (κ2) is 5.14. The second-order valence-electron chi connectivity index (χ2n) is 4.54. The molecule has 19 heavy (non-hydrogen) atoms. The largest absolute Gasteiger partial charge is 0.313 e. The molecule has 0 bridgehead atoms. The third kappa shape index (κ3) is 2.54. The Bertz CT molecular complexity index is 650. The molecular formula is C13H17N5S. The zero-order valence-electron chi connectivity index (χ0n) is 11.1. The first-order valence-electron chi connectivity index (χ1n) is 6.41. The van der Waals surface area contributed by atoms with Crippen molar-refractivity contribution < 1.29 is 0 Å². The number of fused-ring (bicyclic) bond motifs is 1. The summed E-state index contributed by atoms with van der Waals surface area (Å²) in [5.74, 6) is 0. The summed E-state index contributed by atoms with van der Waals surface area (Å²) in [5.41, 5.74) is 3.38. The van der Waals surface area contributed by atoms with Gasteiger partial charge in [0.25, 0.3) is 0 Å². The van der Waals surface area contributed by atoms with Gasteiger partial charge in [-0.3, -0.25) is 9.08 Å². The van der Waals surface area contributed by atoms with Gasteiger partial charge < -0.3 is 5.32 Å². The molecular weight excluding hydrogens is 258 g/mol. The molecule has 6 heteroatoms. The Balaban J connectivity index is 1.77. The van der Waals surface area contributed by atoms with E-state index in [0.29, 0.717) is 0 Å². The number of nitrogens with zero attached hydrogens (tertiary/aromatic N) is 4. The summed E-state index contributed by atoms with van der Waals surface area (Å²) in [5, 5.41) is 9.91. The van der Waals surface area contributed by atoms with E-state index >= 15 is 0 Å². The van der Waals surface area contributed by atoms with Crippen LogP contribution in [0.2, 0.25) is 0 Å². The Hall–Kier alpha value is -1.66. The normalized spacial score (nSPS) is 11.5. The SMILES string of the molecule is CCNCc1cn(Cc2cn3ccsc3n2)nc1C. The van der Waals surface area contributed by atoms with Crippen molar-refractivity contribution in [1.82, 2.24) is 24.5 Å². The highest BCUT2D eigenvalue weighted by Gasteiger charge is 2.07. The fourth-order valence-electron chi connectivity index (χ4n) is 2.09. The fraction of sp³-hybridized carbons (Fsp3) is 0.385. The first-order chi connectivity index (χ1) is 9.26. The van der Waals surface area contributed by atoms with Crippen molar-refractivity contribution in [3.63, 3.8) is 0 Å². The van der Waals surface area contributed by atoms with Crippen LogP contribution in [-0.2, 0) is 13.1 Å². The number of aryl methyl sites for hydroxylation is 1. The molecule has 3 aromatic heterocycles. The summed E-state index contributed by atoms with van der Waals surface area (Å²) >= 11 is 1.65. The Morgan fingerprint density at radius 3 is 3.05 bits per heavy atom. The average molecular weight is 275 g/mol. The van der Waals surface area contributed by atoms with Crippen LogP contribution >= 0.6 is 11.3 Å². The number of imidazole rings is 1. The quantitative estimate of drug-likeness (QED) is 0.775. The lowest BCUT2D eigenvalue weighted by Gasteiger charge is -1.98. The molecule has 0 radical (unpaired) electrons. The van der Waals surface area contributed by atoms with Gasteiger partial charge in [-0.2, -0.15) is 5.10 Å². The Morgan fingerprint density at radius 1 is 1.37 bits per heavy atom. The molecule has 0 amide bonds. The predicted octanol–water partition coefficient (Wildman–Crippen LogP) is 2.06. The van der Waals surface area contributed by atoms with Gasteiger partial charge in [-0.15, -0.1) is 11.3 Å². The number of nitrogens with one attached hydrogen (secondary N) is 1. The lowest BCUT2D eigenvalue weighted by molar-refractivity contribution is 0.668. The summed E-state index contributed by atoms with van der Waals surface area (Å²) in [7, 11) is 0. The molecule has 0 spiro atoms. The molecule has 0 unspecified atom stereocenters. The van der Waals surface area contributed by atoms with E-state index in [1.54, 1.807) is 11.3 Å². The summed E-state index contributed by atoms with van der Waals surface area (Å²) in [6, 6.07) is 0.